The highest BCUT2D eigenvalue weighted by atomic mass is 19.3. The molecule has 4 fully saturated rings. The number of nitrogen functional groups attached to an aromatic ring is 2. The van der Waals surface area contributed by atoms with Crippen molar-refractivity contribution in [1.82, 2.24) is 53.4 Å². The van der Waals surface area contributed by atoms with Crippen LogP contribution in [0.3, 0.4) is 0 Å². The first-order valence-electron chi connectivity index (χ1n) is 31.7. The second-order valence-corrected chi connectivity index (χ2v) is 24.5. The van der Waals surface area contributed by atoms with Crippen LogP contribution in [0.4, 0.5) is 29.2 Å². The molecule has 1 saturated carbocycles. The topological polar surface area (TPSA) is 458 Å². The van der Waals surface area contributed by atoms with E-state index in [4.69, 9.17) is 59.6 Å². The maximum atomic E-state index is 14.1. The Labute approximate surface area is 575 Å². The van der Waals surface area contributed by atoms with E-state index in [2.05, 4.69) is 30.1 Å². The van der Waals surface area contributed by atoms with Gasteiger partial charge in [-0.3, -0.25) is 18.7 Å². The fourth-order valence-electron chi connectivity index (χ4n) is 12.9. The Kier molecular flexibility index (Phi) is 23.3. The molecule has 0 radical (unpaired) electrons. The molecular formula is C65H75F4N13O20. The summed E-state index contributed by atoms with van der Waals surface area (Å²) in [6, 6.07) is 16.2. The van der Waals surface area contributed by atoms with Crippen molar-refractivity contribution in [1.29, 1.82) is 0 Å². The van der Waals surface area contributed by atoms with Crippen LogP contribution in [0.25, 0.3) is 0 Å². The van der Waals surface area contributed by atoms with Gasteiger partial charge in [-0.05, 0) is 90.6 Å². The number of hydrogen-bond acceptors (Lipinski definition) is 28. The number of alkyl halides is 2. The summed E-state index contributed by atoms with van der Waals surface area (Å²) in [5, 5.41) is 85.7. The van der Waals surface area contributed by atoms with Gasteiger partial charge in [0.2, 0.25) is 18.8 Å². The minimum atomic E-state index is -3.71. The largest absolute Gasteiger partial charge is 0.493 e. The number of methoxy groups -OCH3 is 3. The Bertz CT molecular complexity index is 4330. The van der Waals surface area contributed by atoms with Gasteiger partial charge in [0, 0.05) is 47.8 Å². The monoisotopic (exact) mass is 1430 g/mol. The number of benzene rings is 3. The number of nitrogens with two attached hydrogens (primary N) is 2. The van der Waals surface area contributed by atoms with Crippen LogP contribution in [0.5, 0.6) is 28.7 Å². The molecule has 37 heteroatoms. The van der Waals surface area contributed by atoms with E-state index in [1.807, 2.05) is 31.2 Å². The summed E-state index contributed by atoms with van der Waals surface area (Å²) in [4.78, 5) is 61.4. The van der Waals surface area contributed by atoms with E-state index in [9.17, 15) is 67.5 Å². The third-order valence-corrected chi connectivity index (χ3v) is 17.9. The number of aliphatic hydroxyl groups excluding tert-OH is 6. The van der Waals surface area contributed by atoms with Crippen LogP contribution in [-0.2, 0) is 37.7 Å². The molecule has 8 aromatic rings. The van der Waals surface area contributed by atoms with E-state index in [0.717, 1.165) is 68.9 Å². The molecule has 5 aromatic heterocycles. The quantitative estimate of drug-likeness (QED) is 0.0421. The molecule has 102 heavy (non-hydrogen) atoms. The average Bonchev–Trinajstić information content (AvgIpc) is 1.39. The van der Waals surface area contributed by atoms with Gasteiger partial charge in [-0.1, -0.05) is 25.3 Å². The minimum absolute atomic E-state index is 0.0537. The van der Waals surface area contributed by atoms with Crippen molar-refractivity contribution < 1.29 is 101 Å². The van der Waals surface area contributed by atoms with Crippen LogP contribution in [-0.4, -0.2) is 185 Å². The number of fused-ring (bicyclic) bond motifs is 3. The lowest BCUT2D eigenvalue weighted by molar-refractivity contribution is -0.141. The zero-order valence-electron chi connectivity index (χ0n) is 55.1. The molecule has 0 spiro atoms. The summed E-state index contributed by atoms with van der Waals surface area (Å²) >= 11 is 0. The van der Waals surface area contributed by atoms with Gasteiger partial charge in [0.05, 0.1) is 72.0 Å². The maximum Gasteiger partial charge on any atom is 0.351 e. The number of cyclic esters (lactones) is 1. The fourth-order valence-corrected chi connectivity index (χ4v) is 12.9. The summed E-state index contributed by atoms with van der Waals surface area (Å²) in [5.74, 6) is -3.99. The Morgan fingerprint density at radius 1 is 0.706 bits per heavy atom. The van der Waals surface area contributed by atoms with Crippen molar-refractivity contribution in [3.63, 3.8) is 0 Å². The van der Waals surface area contributed by atoms with Crippen molar-refractivity contribution in [3.8, 4) is 28.7 Å². The highest BCUT2D eigenvalue weighted by Crippen LogP contribution is 2.56. The standard InChI is InChI=1S/C22H22O8.C13H12F2N6O.C12H17NO2.C9H11F2N3O4.C9H13N3O5/c1-25-16-4-10(5-17(26-2)21(16)27-3)18-11-6-14-15(30-9-29-14)7-12(11)20(23)13-8-28-22(24)19(13)18;14-10-1-2-11(12(15)3-10)13(22,4-20-8-16-6-18-20)5-21-9-17-7-19-21;1-9-7-11(13(15)12(14)8-9)10-5-3-2-4-6-10;10-9(11)6(16)4(3-15)18-7(9)14-2-1-5(12)13-8(14)17;10-5-1-2-12(9(16)11-5)8-7(15)6(14)4(3-13)17-8/h4-7,13,18-20,23H,8-9H2,1-3H3;1-3,6-9,22H,4-5H2;7-8,10,15H,2-6H2,1H3;1-2,4,6-7,15-16H,3H2,(H2,12,13,17);1-2,4,6-8,13-15H,3H2,(H2,10,11,16)/t13-,18+,19?,20-;;;4-,6-,7-;4-,6-,7+,8-/m0..11/s1. The number of esters is 1. The highest BCUT2D eigenvalue weighted by molar-refractivity contribution is 5.79. The zero-order valence-corrected chi connectivity index (χ0v) is 55.1. The summed E-state index contributed by atoms with van der Waals surface area (Å²) in [6.45, 7) is 0.798. The van der Waals surface area contributed by atoms with Crippen LogP contribution >= 0.6 is 0 Å². The second-order valence-electron chi connectivity index (χ2n) is 24.5. The van der Waals surface area contributed by atoms with Crippen LogP contribution in [0.2, 0.25) is 0 Å². The lowest BCUT2D eigenvalue weighted by Crippen LogP contribution is -2.41. The third-order valence-electron chi connectivity index (χ3n) is 17.9. The van der Waals surface area contributed by atoms with Gasteiger partial charge in [-0.25, -0.2) is 37.7 Å². The first-order chi connectivity index (χ1) is 48.7. The van der Waals surface area contributed by atoms with Crippen LogP contribution < -0.4 is 52.1 Å². The number of anilines is 2. The van der Waals surface area contributed by atoms with E-state index in [1.54, 1.807) is 20.3 Å². The van der Waals surface area contributed by atoms with E-state index < -0.39 is 103 Å². The lowest BCUT2D eigenvalue weighted by Gasteiger charge is -2.37. The first kappa shape index (κ1) is 74.6. The molecule has 3 saturated heterocycles. The number of ether oxygens (including phenoxy) is 8. The molecule has 2 aliphatic carbocycles. The molecule has 12 N–H and O–H groups in total. The van der Waals surface area contributed by atoms with Gasteiger partial charge in [0.25, 0.3) is 5.56 Å². The summed E-state index contributed by atoms with van der Waals surface area (Å²) < 4.78 is 103. The number of aryl methyl sites for hydroxylation is 1. The molecular weight excluding hydrogens is 1360 g/mol. The number of halogens is 4. The van der Waals surface area contributed by atoms with Crippen molar-refractivity contribution >= 4 is 17.6 Å². The number of pyridine rings is 1. The Hall–Kier alpha value is -10.1. The molecule has 33 nitrogen and oxygen atoms in total. The molecule has 1 unspecified atom stereocenters. The molecule has 548 valence electrons. The number of nitrogens with zero attached hydrogens (tertiary/aromatic N) is 11. The highest BCUT2D eigenvalue weighted by Gasteiger charge is 2.60. The Morgan fingerprint density at radius 3 is 1.81 bits per heavy atom. The van der Waals surface area contributed by atoms with Crippen LogP contribution in [0.1, 0.15) is 96.0 Å². The number of rotatable bonds is 14. The molecule has 14 rings (SSSR count). The fraction of sp³-hybridized carbons (Fsp3) is 0.446. The first-order valence-corrected chi connectivity index (χ1v) is 31.7. The van der Waals surface area contributed by atoms with Gasteiger partial charge < -0.3 is 90.3 Å². The van der Waals surface area contributed by atoms with Gasteiger partial charge in [0.1, 0.15) is 78.6 Å². The van der Waals surface area contributed by atoms with Crippen LogP contribution in [0.15, 0.2) is 119 Å². The van der Waals surface area contributed by atoms with Gasteiger partial charge in [-0.15, -0.1) is 0 Å². The maximum absolute atomic E-state index is 14.1. The normalized spacial score (nSPS) is 23.7. The number of aliphatic hydroxyl groups is 7. The molecule has 6 aliphatic rings. The van der Waals surface area contributed by atoms with Crippen molar-refractivity contribution in [3.05, 3.63) is 181 Å². The number of hydrogen-bond donors (Lipinski definition) is 10. The molecule has 11 atom stereocenters. The molecule has 3 aromatic carbocycles. The molecule has 0 bridgehead atoms. The van der Waals surface area contributed by atoms with Gasteiger partial charge in [0.15, 0.2) is 35.3 Å². The van der Waals surface area contributed by atoms with Gasteiger partial charge >= 0.3 is 23.3 Å². The second kappa shape index (κ2) is 31.8. The van der Waals surface area contributed by atoms with Crippen LogP contribution in [0, 0.1) is 30.4 Å². The average molecular weight is 1430 g/mol. The Morgan fingerprint density at radius 2 is 1.29 bits per heavy atom. The van der Waals surface area contributed by atoms with E-state index >= 15 is 0 Å². The summed E-state index contributed by atoms with van der Waals surface area (Å²) in [7, 11) is 4.63. The predicted octanol–water partition coefficient (Wildman–Crippen LogP) is 1.74. The van der Waals surface area contributed by atoms with E-state index in [0.29, 0.717) is 44.8 Å². The Balaban J connectivity index is 0.000000141. The number of aromatic nitrogens is 11. The van der Waals surface area contributed by atoms with E-state index in [-0.39, 0.29) is 67.1 Å². The minimum Gasteiger partial charge on any atom is -0.493 e. The summed E-state index contributed by atoms with van der Waals surface area (Å²) in [5.41, 5.74) is 10.8. The smallest absolute Gasteiger partial charge is 0.351 e. The van der Waals surface area contributed by atoms with Gasteiger partial charge in [-0.2, -0.15) is 33.7 Å². The predicted molar refractivity (Wildman–Crippen MR) is 343 cm³/mol. The molecule has 0 amide bonds. The van der Waals surface area contributed by atoms with E-state index in [1.165, 1.54) is 85.4 Å². The zero-order chi connectivity index (χ0) is 73.5. The SMILES string of the molecule is COc1cc([C@@H]2c3cc4c(cc3[C@H](O)[C@H]3COC(=O)C23)OCO4)cc(OC)c1OC.Cc1cc(C2CCCCC2)n(O)c(=O)c1.Nc1ccn([C@@H]2O[C@H](CO)[C@@H](O)C2(F)F)c(=O)n1.Nc1ccn([C@@H]2O[C@H](CO)[C@@H](O)[C@@H]2O)c(=O)n1.OC(Cn1cncn1)(Cn1cncn1)c1ccc(F)cc1F. The van der Waals surface area contributed by atoms with Crippen molar-refractivity contribution in [2.24, 2.45) is 11.8 Å². The van der Waals surface area contributed by atoms with Crippen molar-refractivity contribution in [2.45, 2.75) is 125 Å². The molecule has 9 heterocycles. The third kappa shape index (κ3) is 15.8. The number of carbonyl (C=O) groups excluding carboxylic acids is 1. The molecule has 4 aliphatic heterocycles. The number of carbonyl (C=O) groups is 1. The lowest BCUT2D eigenvalue weighted by atomic mass is 9.66. The summed E-state index contributed by atoms with van der Waals surface area (Å²) in [6.07, 6.45) is 2.45. The van der Waals surface area contributed by atoms with Crippen molar-refractivity contribution in [2.75, 3.05) is 59.4 Å².